The highest BCUT2D eigenvalue weighted by Gasteiger charge is 1.97. The zero-order valence-corrected chi connectivity index (χ0v) is 9.62. The van der Waals surface area contributed by atoms with Crippen molar-refractivity contribution in [2.45, 2.75) is 6.92 Å². The summed E-state index contributed by atoms with van der Waals surface area (Å²) < 4.78 is 0. The molecule has 0 aliphatic rings. The smallest absolute Gasteiger partial charge is 0.144 e. The van der Waals surface area contributed by atoms with Crippen molar-refractivity contribution in [1.29, 1.82) is 0 Å². The Morgan fingerprint density at radius 3 is 2.44 bits per heavy atom. The molecule has 0 N–H and O–H groups in total. The zero-order chi connectivity index (χ0) is 11.4. The summed E-state index contributed by atoms with van der Waals surface area (Å²) in [4.78, 5) is 4.15. The van der Waals surface area contributed by atoms with Gasteiger partial charge in [-0.3, -0.25) is 0 Å². The monoisotopic (exact) mass is 227 g/mol. The first-order valence-corrected chi connectivity index (χ1v) is 5.34. The molecule has 1 aromatic heterocycles. The van der Waals surface area contributed by atoms with E-state index in [2.05, 4.69) is 16.8 Å². The normalized spacial score (nSPS) is 9.38. The van der Waals surface area contributed by atoms with Gasteiger partial charge in [-0.05, 0) is 31.2 Å². The fraction of sp³-hybridized carbons (Fsp3) is 0.0714. The highest BCUT2D eigenvalue weighted by Crippen LogP contribution is 2.12. The van der Waals surface area contributed by atoms with Crippen LogP contribution < -0.4 is 0 Å². The van der Waals surface area contributed by atoms with Gasteiger partial charge in [0.05, 0.1) is 5.56 Å². The van der Waals surface area contributed by atoms with Crippen LogP contribution in [0.2, 0.25) is 5.15 Å². The summed E-state index contributed by atoms with van der Waals surface area (Å²) in [5.74, 6) is 6.06. The summed E-state index contributed by atoms with van der Waals surface area (Å²) >= 11 is 5.98. The molecule has 0 spiro atoms. The summed E-state index contributed by atoms with van der Waals surface area (Å²) in [5.41, 5.74) is 2.63. The average Bonchev–Trinajstić information content (AvgIpc) is 2.29. The number of hydrogen-bond donors (Lipinski definition) is 0. The Kier molecular flexibility index (Phi) is 3.24. The second-order valence-corrected chi connectivity index (χ2v) is 3.77. The fourth-order valence-electron chi connectivity index (χ4n) is 1.28. The van der Waals surface area contributed by atoms with E-state index in [1.165, 1.54) is 0 Å². The molecule has 1 nitrogen and oxygen atoms in total. The lowest BCUT2D eigenvalue weighted by Crippen LogP contribution is -1.85. The molecular weight excluding hydrogens is 218 g/mol. The molecule has 0 saturated carbocycles. The van der Waals surface area contributed by atoms with Crippen molar-refractivity contribution >= 4 is 11.6 Å². The fourth-order valence-corrected chi connectivity index (χ4v) is 1.52. The van der Waals surface area contributed by atoms with Crippen LogP contribution in [0.5, 0.6) is 0 Å². The van der Waals surface area contributed by atoms with E-state index in [9.17, 15) is 0 Å². The molecule has 0 unspecified atom stereocenters. The molecule has 2 aromatic rings. The van der Waals surface area contributed by atoms with Crippen molar-refractivity contribution in [2.24, 2.45) is 0 Å². The first-order chi connectivity index (χ1) is 7.75. The van der Waals surface area contributed by atoms with Gasteiger partial charge < -0.3 is 0 Å². The van der Waals surface area contributed by atoms with Crippen molar-refractivity contribution in [1.82, 2.24) is 4.98 Å². The predicted molar refractivity (Wildman–Crippen MR) is 66.4 cm³/mol. The molecule has 16 heavy (non-hydrogen) atoms. The molecular formula is C14H10ClN. The Morgan fingerprint density at radius 1 is 1.00 bits per heavy atom. The number of aromatic nitrogens is 1. The second-order valence-electron chi connectivity index (χ2n) is 3.41. The van der Waals surface area contributed by atoms with Crippen molar-refractivity contribution < 1.29 is 0 Å². The summed E-state index contributed by atoms with van der Waals surface area (Å²) in [6, 6.07) is 13.6. The third-order valence-electron chi connectivity index (χ3n) is 2.10. The summed E-state index contributed by atoms with van der Waals surface area (Å²) in [6.07, 6.45) is 0. The molecule has 0 atom stereocenters. The Labute approximate surface area is 100 Å². The van der Waals surface area contributed by atoms with Crippen molar-refractivity contribution in [3.8, 4) is 11.8 Å². The van der Waals surface area contributed by atoms with Gasteiger partial charge in [0.15, 0.2) is 0 Å². The van der Waals surface area contributed by atoms with E-state index >= 15 is 0 Å². The van der Waals surface area contributed by atoms with Crippen LogP contribution in [0, 0.1) is 18.8 Å². The second kappa shape index (κ2) is 4.83. The molecule has 1 aromatic carbocycles. The maximum Gasteiger partial charge on any atom is 0.144 e. The van der Waals surface area contributed by atoms with Gasteiger partial charge in [-0.2, -0.15) is 0 Å². The first kappa shape index (κ1) is 10.7. The summed E-state index contributed by atoms with van der Waals surface area (Å²) in [7, 11) is 0. The number of rotatable bonds is 0. The quantitative estimate of drug-likeness (QED) is 0.496. The van der Waals surface area contributed by atoms with Gasteiger partial charge in [-0.1, -0.05) is 41.6 Å². The number of nitrogens with zero attached hydrogens (tertiary/aromatic N) is 1. The van der Waals surface area contributed by atoms with E-state index in [1.807, 2.05) is 49.4 Å². The van der Waals surface area contributed by atoms with Gasteiger partial charge in [0.1, 0.15) is 5.15 Å². The Morgan fingerprint density at radius 2 is 1.75 bits per heavy atom. The minimum absolute atomic E-state index is 0.462. The molecule has 1 heterocycles. The minimum Gasteiger partial charge on any atom is -0.240 e. The highest BCUT2D eigenvalue weighted by atomic mass is 35.5. The van der Waals surface area contributed by atoms with Crippen LogP contribution >= 0.6 is 11.6 Å². The predicted octanol–water partition coefficient (Wildman–Crippen LogP) is 3.44. The van der Waals surface area contributed by atoms with E-state index in [-0.39, 0.29) is 0 Å². The van der Waals surface area contributed by atoms with Gasteiger partial charge in [-0.15, -0.1) is 0 Å². The molecule has 78 valence electrons. The van der Waals surface area contributed by atoms with Crippen LogP contribution in [-0.4, -0.2) is 4.98 Å². The van der Waals surface area contributed by atoms with Crippen LogP contribution in [0.4, 0.5) is 0 Å². The van der Waals surface area contributed by atoms with Crippen LogP contribution in [0.25, 0.3) is 0 Å². The maximum absolute atomic E-state index is 5.98. The van der Waals surface area contributed by atoms with E-state index < -0.39 is 0 Å². The van der Waals surface area contributed by atoms with E-state index in [1.54, 1.807) is 0 Å². The number of pyridine rings is 1. The molecule has 2 heteroatoms. The summed E-state index contributed by atoms with van der Waals surface area (Å²) in [5, 5.41) is 0.462. The molecule has 0 saturated heterocycles. The molecule has 0 aliphatic carbocycles. The molecule has 0 fully saturated rings. The van der Waals surface area contributed by atoms with Gasteiger partial charge in [-0.25, -0.2) is 4.98 Å². The lowest BCUT2D eigenvalue weighted by Gasteiger charge is -1.96. The number of hydrogen-bond acceptors (Lipinski definition) is 1. The summed E-state index contributed by atoms with van der Waals surface area (Å²) in [6.45, 7) is 1.90. The lowest BCUT2D eigenvalue weighted by atomic mass is 10.2. The van der Waals surface area contributed by atoms with Gasteiger partial charge in [0.25, 0.3) is 0 Å². The number of benzene rings is 1. The largest absolute Gasteiger partial charge is 0.240 e. The lowest BCUT2D eigenvalue weighted by molar-refractivity contribution is 1.19. The van der Waals surface area contributed by atoms with Crippen LogP contribution in [0.3, 0.4) is 0 Å². The highest BCUT2D eigenvalue weighted by molar-refractivity contribution is 6.30. The standard InChI is InChI=1S/C14H10ClN/c1-11-7-9-13(14(15)16-11)10-8-12-5-3-2-4-6-12/h2-7,9H,1H3. The number of halogens is 1. The Hall–Kier alpha value is -1.78. The first-order valence-electron chi connectivity index (χ1n) is 4.96. The van der Waals surface area contributed by atoms with Gasteiger partial charge in [0.2, 0.25) is 0 Å². The van der Waals surface area contributed by atoms with Crippen molar-refractivity contribution in [2.75, 3.05) is 0 Å². The van der Waals surface area contributed by atoms with Gasteiger partial charge >= 0.3 is 0 Å². The molecule has 0 bridgehead atoms. The van der Waals surface area contributed by atoms with Crippen LogP contribution in [0.1, 0.15) is 16.8 Å². The topological polar surface area (TPSA) is 12.9 Å². The molecule has 2 rings (SSSR count). The third kappa shape index (κ3) is 2.62. The average molecular weight is 228 g/mol. The zero-order valence-electron chi connectivity index (χ0n) is 8.87. The minimum atomic E-state index is 0.462. The van der Waals surface area contributed by atoms with Gasteiger partial charge in [0, 0.05) is 11.3 Å². The van der Waals surface area contributed by atoms with Crippen molar-refractivity contribution in [3.05, 3.63) is 64.4 Å². The molecule has 0 radical (unpaired) electrons. The van der Waals surface area contributed by atoms with E-state index in [0.717, 1.165) is 16.8 Å². The SMILES string of the molecule is Cc1ccc(C#Cc2ccccc2)c(Cl)n1. The Bertz CT molecular complexity index is 550. The molecule has 0 aliphatic heterocycles. The maximum atomic E-state index is 5.98. The number of aryl methyl sites for hydroxylation is 1. The van der Waals surface area contributed by atoms with E-state index in [0.29, 0.717) is 5.15 Å². The van der Waals surface area contributed by atoms with Crippen LogP contribution in [0.15, 0.2) is 42.5 Å². The molecule has 0 amide bonds. The van der Waals surface area contributed by atoms with E-state index in [4.69, 9.17) is 11.6 Å². The Balaban J connectivity index is 2.31. The third-order valence-corrected chi connectivity index (χ3v) is 2.39. The van der Waals surface area contributed by atoms with Crippen molar-refractivity contribution in [3.63, 3.8) is 0 Å². The van der Waals surface area contributed by atoms with Crippen LogP contribution in [-0.2, 0) is 0 Å².